The zero-order valence-electron chi connectivity index (χ0n) is 13.6. The molecule has 2 aromatic carbocycles. The van der Waals surface area contributed by atoms with E-state index < -0.39 is 0 Å². The predicted molar refractivity (Wildman–Crippen MR) is 92.5 cm³/mol. The molecule has 0 aromatic heterocycles. The highest BCUT2D eigenvalue weighted by molar-refractivity contribution is 5.91. The number of fused-ring (bicyclic) bond motifs is 1. The normalized spacial score (nSPS) is 11.7. The number of nitrogens with one attached hydrogen (secondary N) is 3. The van der Waals surface area contributed by atoms with E-state index in [9.17, 15) is 9.59 Å². The second-order valence-corrected chi connectivity index (χ2v) is 5.46. The maximum absolute atomic E-state index is 11.9. The van der Waals surface area contributed by atoms with Crippen molar-refractivity contribution < 1.29 is 19.1 Å². The van der Waals surface area contributed by atoms with Crippen molar-refractivity contribution in [1.82, 2.24) is 10.6 Å². The summed E-state index contributed by atoms with van der Waals surface area (Å²) in [4.78, 5) is 23.6. The number of hydrogen-bond acceptors (Lipinski definition) is 4. The van der Waals surface area contributed by atoms with E-state index in [-0.39, 0.29) is 31.7 Å². The first-order chi connectivity index (χ1) is 12.2. The zero-order valence-corrected chi connectivity index (χ0v) is 13.6. The Hall–Kier alpha value is -3.22. The van der Waals surface area contributed by atoms with Gasteiger partial charge >= 0.3 is 6.03 Å². The maximum atomic E-state index is 11.9. The van der Waals surface area contributed by atoms with Crippen molar-refractivity contribution in [2.75, 3.05) is 18.7 Å². The van der Waals surface area contributed by atoms with Gasteiger partial charge < -0.3 is 25.4 Å². The molecule has 7 nitrogen and oxygen atoms in total. The van der Waals surface area contributed by atoms with Gasteiger partial charge in [-0.1, -0.05) is 30.3 Å². The number of rotatable bonds is 6. The first kappa shape index (κ1) is 16.6. The molecule has 0 atom stereocenters. The van der Waals surface area contributed by atoms with Crippen LogP contribution in [-0.2, 0) is 11.3 Å². The summed E-state index contributed by atoms with van der Waals surface area (Å²) in [7, 11) is 0. The van der Waals surface area contributed by atoms with E-state index in [0.29, 0.717) is 23.7 Å². The highest BCUT2D eigenvalue weighted by atomic mass is 16.7. The van der Waals surface area contributed by atoms with Crippen LogP contribution >= 0.6 is 0 Å². The molecule has 0 fully saturated rings. The lowest BCUT2D eigenvalue weighted by Gasteiger charge is -2.09. The minimum absolute atomic E-state index is 0.174. The molecule has 2 aromatic rings. The summed E-state index contributed by atoms with van der Waals surface area (Å²) < 4.78 is 10.5. The van der Waals surface area contributed by atoms with Crippen molar-refractivity contribution in [2.24, 2.45) is 0 Å². The van der Waals surface area contributed by atoms with Crippen molar-refractivity contribution in [3.63, 3.8) is 0 Å². The number of carbonyl (C=O) groups is 2. The molecule has 3 amide bonds. The van der Waals surface area contributed by atoms with Gasteiger partial charge in [0.05, 0.1) is 0 Å². The van der Waals surface area contributed by atoms with E-state index in [0.717, 1.165) is 5.56 Å². The molecule has 0 unspecified atom stereocenters. The van der Waals surface area contributed by atoms with Crippen molar-refractivity contribution >= 4 is 17.6 Å². The second kappa shape index (κ2) is 8.05. The number of urea groups is 1. The molecule has 25 heavy (non-hydrogen) atoms. The van der Waals surface area contributed by atoms with Crippen LogP contribution in [0.25, 0.3) is 0 Å². The molecule has 3 N–H and O–H groups in total. The van der Waals surface area contributed by atoms with Gasteiger partial charge in [-0.2, -0.15) is 0 Å². The predicted octanol–water partition coefficient (Wildman–Crippen LogP) is 2.24. The van der Waals surface area contributed by atoms with Gasteiger partial charge in [0.2, 0.25) is 12.7 Å². The number of hydrogen-bond donors (Lipinski definition) is 3. The van der Waals surface area contributed by atoms with Crippen LogP contribution in [0.4, 0.5) is 10.5 Å². The van der Waals surface area contributed by atoms with Gasteiger partial charge in [-0.05, 0) is 17.7 Å². The van der Waals surface area contributed by atoms with Crippen molar-refractivity contribution in [2.45, 2.75) is 13.0 Å². The topological polar surface area (TPSA) is 88.7 Å². The summed E-state index contributed by atoms with van der Waals surface area (Å²) in [5.41, 5.74) is 1.64. The van der Waals surface area contributed by atoms with Crippen molar-refractivity contribution in [3.8, 4) is 11.5 Å². The maximum Gasteiger partial charge on any atom is 0.315 e. The quantitative estimate of drug-likeness (QED) is 0.752. The van der Waals surface area contributed by atoms with E-state index in [4.69, 9.17) is 9.47 Å². The van der Waals surface area contributed by atoms with E-state index >= 15 is 0 Å². The number of anilines is 1. The summed E-state index contributed by atoms with van der Waals surface area (Å²) in [5.74, 6) is 1.08. The van der Waals surface area contributed by atoms with Crippen LogP contribution in [0.3, 0.4) is 0 Å². The first-order valence-corrected chi connectivity index (χ1v) is 7.96. The zero-order chi connectivity index (χ0) is 17.5. The van der Waals surface area contributed by atoms with Crippen LogP contribution in [-0.4, -0.2) is 25.3 Å². The largest absolute Gasteiger partial charge is 0.454 e. The third kappa shape index (κ3) is 4.87. The van der Waals surface area contributed by atoms with Crippen LogP contribution in [0, 0.1) is 0 Å². The third-order valence-corrected chi connectivity index (χ3v) is 3.59. The summed E-state index contributed by atoms with van der Waals surface area (Å²) in [6.07, 6.45) is 0.174. The Labute approximate surface area is 145 Å². The van der Waals surface area contributed by atoms with Gasteiger partial charge in [0.1, 0.15) is 0 Å². The Morgan fingerprint density at radius 2 is 1.76 bits per heavy atom. The van der Waals surface area contributed by atoms with E-state index in [1.165, 1.54) is 0 Å². The number of ether oxygens (including phenoxy) is 2. The van der Waals surface area contributed by atoms with Crippen LogP contribution in [0.5, 0.6) is 11.5 Å². The Balaban J connectivity index is 1.35. The SMILES string of the molecule is O=C(CCNC(=O)NCc1ccccc1)Nc1ccc2c(c1)OCO2. The first-order valence-electron chi connectivity index (χ1n) is 7.96. The summed E-state index contributed by atoms with van der Waals surface area (Å²) in [5, 5.41) is 8.15. The van der Waals surface area contributed by atoms with Gasteiger partial charge in [0, 0.05) is 31.3 Å². The Morgan fingerprint density at radius 1 is 0.960 bits per heavy atom. The molecule has 1 aliphatic rings. The minimum atomic E-state index is -0.306. The molecule has 0 bridgehead atoms. The summed E-state index contributed by atoms with van der Waals surface area (Å²) >= 11 is 0. The molecule has 3 rings (SSSR count). The molecule has 130 valence electrons. The van der Waals surface area contributed by atoms with Crippen LogP contribution < -0.4 is 25.4 Å². The highest BCUT2D eigenvalue weighted by Crippen LogP contribution is 2.34. The van der Waals surface area contributed by atoms with Gasteiger partial charge in [-0.25, -0.2) is 4.79 Å². The Morgan fingerprint density at radius 3 is 2.60 bits per heavy atom. The summed E-state index contributed by atoms with van der Waals surface area (Å²) in [6, 6.07) is 14.5. The molecule has 0 radical (unpaired) electrons. The van der Waals surface area contributed by atoms with Crippen molar-refractivity contribution in [1.29, 1.82) is 0 Å². The van der Waals surface area contributed by atoms with Gasteiger partial charge in [0.15, 0.2) is 11.5 Å². The minimum Gasteiger partial charge on any atom is -0.454 e. The van der Waals surface area contributed by atoms with Gasteiger partial charge in [-0.15, -0.1) is 0 Å². The number of benzene rings is 2. The Kier molecular flexibility index (Phi) is 5.36. The molecule has 7 heteroatoms. The molecular formula is C18H19N3O4. The smallest absolute Gasteiger partial charge is 0.315 e. The lowest BCUT2D eigenvalue weighted by molar-refractivity contribution is -0.116. The molecule has 1 aliphatic heterocycles. The van der Waals surface area contributed by atoms with Crippen molar-refractivity contribution in [3.05, 3.63) is 54.1 Å². The van der Waals surface area contributed by atoms with Gasteiger partial charge in [0.25, 0.3) is 0 Å². The molecule has 0 saturated heterocycles. The Bertz CT molecular complexity index is 749. The van der Waals surface area contributed by atoms with Gasteiger partial charge in [-0.3, -0.25) is 4.79 Å². The fourth-order valence-electron chi connectivity index (χ4n) is 2.33. The fraction of sp³-hybridized carbons (Fsp3) is 0.222. The molecular weight excluding hydrogens is 322 g/mol. The second-order valence-electron chi connectivity index (χ2n) is 5.46. The lowest BCUT2D eigenvalue weighted by atomic mass is 10.2. The molecule has 0 spiro atoms. The van der Waals surface area contributed by atoms with Crippen LogP contribution in [0.1, 0.15) is 12.0 Å². The highest BCUT2D eigenvalue weighted by Gasteiger charge is 2.14. The average molecular weight is 341 g/mol. The van der Waals surface area contributed by atoms with E-state index in [2.05, 4.69) is 16.0 Å². The summed E-state index contributed by atoms with van der Waals surface area (Å²) in [6.45, 7) is 0.877. The van der Waals surface area contributed by atoms with Crippen LogP contribution in [0.2, 0.25) is 0 Å². The molecule has 0 aliphatic carbocycles. The molecule has 0 saturated carbocycles. The third-order valence-electron chi connectivity index (χ3n) is 3.59. The number of carbonyl (C=O) groups excluding carboxylic acids is 2. The fourth-order valence-corrected chi connectivity index (χ4v) is 2.33. The standard InChI is InChI=1S/C18H19N3O4/c22-17(21-14-6-7-15-16(10-14)25-12-24-15)8-9-19-18(23)20-11-13-4-2-1-3-5-13/h1-7,10H,8-9,11-12H2,(H,21,22)(H2,19,20,23). The van der Waals surface area contributed by atoms with Crippen LogP contribution in [0.15, 0.2) is 48.5 Å². The average Bonchev–Trinajstić information content (AvgIpc) is 3.08. The lowest BCUT2D eigenvalue weighted by Crippen LogP contribution is -2.36. The number of amides is 3. The molecule has 1 heterocycles. The van der Waals surface area contributed by atoms with E-state index in [1.807, 2.05) is 30.3 Å². The van der Waals surface area contributed by atoms with E-state index in [1.54, 1.807) is 18.2 Å². The monoisotopic (exact) mass is 341 g/mol.